The Morgan fingerprint density at radius 1 is 1.13 bits per heavy atom. The monoisotopic (exact) mass is 214 g/mol. The van der Waals surface area contributed by atoms with Crippen LogP contribution in [0.5, 0.6) is 0 Å². The summed E-state index contributed by atoms with van der Waals surface area (Å²) in [6.07, 6.45) is 4.03. The predicted octanol–water partition coefficient (Wildman–Crippen LogP) is 1.93. The lowest BCUT2D eigenvalue weighted by Crippen LogP contribution is -2.30. The summed E-state index contributed by atoms with van der Waals surface area (Å²) in [5.74, 6) is 0.914. The summed E-state index contributed by atoms with van der Waals surface area (Å²) < 4.78 is 0. The first-order valence-electron chi connectivity index (χ1n) is 6.21. The zero-order valence-electron chi connectivity index (χ0n) is 10.4. The van der Waals surface area contributed by atoms with Crippen molar-refractivity contribution in [2.45, 2.75) is 46.5 Å². The third-order valence-corrected chi connectivity index (χ3v) is 2.69. The van der Waals surface area contributed by atoms with E-state index in [0.717, 1.165) is 32.0 Å². The van der Waals surface area contributed by atoms with Gasteiger partial charge in [-0.25, -0.2) is 0 Å². The standard InChI is InChI=1S/C12H26N2O/c1-4-8-14-12(15)7-9-13-10-11(5-2)6-3/h11,13H,4-10H2,1-3H3,(H,14,15). The van der Waals surface area contributed by atoms with E-state index in [1.165, 1.54) is 12.8 Å². The number of carbonyl (C=O) groups excluding carboxylic acids is 1. The Morgan fingerprint density at radius 3 is 2.33 bits per heavy atom. The lowest BCUT2D eigenvalue weighted by molar-refractivity contribution is -0.120. The highest BCUT2D eigenvalue weighted by Crippen LogP contribution is 2.04. The van der Waals surface area contributed by atoms with E-state index in [2.05, 4.69) is 31.4 Å². The Bertz CT molecular complexity index is 156. The molecule has 15 heavy (non-hydrogen) atoms. The highest BCUT2D eigenvalue weighted by molar-refractivity contribution is 5.75. The predicted molar refractivity (Wildman–Crippen MR) is 64.9 cm³/mol. The second-order valence-corrected chi connectivity index (χ2v) is 3.99. The second kappa shape index (κ2) is 9.97. The van der Waals surface area contributed by atoms with Gasteiger partial charge in [-0.15, -0.1) is 0 Å². The van der Waals surface area contributed by atoms with E-state index in [1.807, 2.05) is 0 Å². The molecule has 3 heteroatoms. The first kappa shape index (κ1) is 14.4. The van der Waals surface area contributed by atoms with Crippen molar-refractivity contribution in [2.24, 2.45) is 5.92 Å². The van der Waals surface area contributed by atoms with Gasteiger partial charge in [0.1, 0.15) is 0 Å². The van der Waals surface area contributed by atoms with Crippen LogP contribution in [0.15, 0.2) is 0 Å². The van der Waals surface area contributed by atoms with Gasteiger partial charge in [-0.1, -0.05) is 33.6 Å². The van der Waals surface area contributed by atoms with Crippen molar-refractivity contribution in [3.8, 4) is 0 Å². The summed E-state index contributed by atoms with van der Waals surface area (Å²) in [7, 11) is 0. The highest BCUT2D eigenvalue weighted by atomic mass is 16.1. The highest BCUT2D eigenvalue weighted by Gasteiger charge is 2.03. The van der Waals surface area contributed by atoms with Crippen LogP contribution in [0.1, 0.15) is 46.5 Å². The van der Waals surface area contributed by atoms with Gasteiger partial charge in [-0.2, -0.15) is 0 Å². The number of nitrogens with one attached hydrogen (secondary N) is 2. The lowest BCUT2D eigenvalue weighted by Gasteiger charge is -2.12. The van der Waals surface area contributed by atoms with E-state index in [-0.39, 0.29) is 5.91 Å². The van der Waals surface area contributed by atoms with Gasteiger partial charge in [-0.05, 0) is 18.9 Å². The third-order valence-electron chi connectivity index (χ3n) is 2.69. The van der Waals surface area contributed by atoms with Crippen molar-refractivity contribution >= 4 is 5.91 Å². The molecule has 90 valence electrons. The van der Waals surface area contributed by atoms with Crippen LogP contribution in [0, 0.1) is 5.92 Å². The molecule has 0 saturated carbocycles. The largest absolute Gasteiger partial charge is 0.356 e. The van der Waals surface area contributed by atoms with Gasteiger partial charge in [-0.3, -0.25) is 4.79 Å². The minimum atomic E-state index is 0.161. The zero-order chi connectivity index (χ0) is 11.5. The number of amides is 1. The maximum Gasteiger partial charge on any atom is 0.221 e. The smallest absolute Gasteiger partial charge is 0.221 e. The fourth-order valence-electron chi connectivity index (χ4n) is 1.44. The van der Waals surface area contributed by atoms with E-state index in [0.29, 0.717) is 6.42 Å². The fraction of sp³-hybridized carbons (Fsp3) is 0.917. The molecule has 0 aliphatic carbocycles. The summed E-state index contributed by atoms with van der Waals surface area (Å²) in [5.41, 5.74) is 0. The van der Waals surface area contributed by atoms with Gasteiger partial charge in [0, 0.05) is 19.5 Å². The van der Waals surface area contributed by atoms with Crippen LogP contribution < -0.4 is 10.6 Å². The molecule has 0 spiro atoms. The molecule has 0 saturated heterocycles. The molecule has 0 aromatic carbocycles. The van der Waals surface area contributed by atoms with Crippen molar-refractivity contribution < 1.29 is 4.79 Å². The zero-order valence-corrected chi connectivity index (χ0v) is 10.4. The van der Waals surface area contributed by atoms with Crippen LogP contribution in [0.4, 0.5) is 0 Å². The van der Waals surface area contributed by atoms with Gasteiger partial charge < -0.3 is 10.6 Å². The van der Waals surface area contributed by atoms with E-state index in [1.54, 1.807) is 0 Å². The molecular formula is C12H26N2O. The molecule has 2 N–H and O–H groups in total. The molecule has 1 amide bonds. The van der Waals surface area contributed by atoms with Crippen LogP contribution in [0.3, 0.4) is 0 Å². The van der Waals surface area contributed by atoms with Crippen molar-refractivity contribution in [3.05, 3.63) is 0 Å². The van der Waals surface area contributed by atoms with Crippen LogP contribution in [-0.4, -0.2) is 25.5 Å². The topological polar surface area (TPSA) is 41.1 Å². The summed E-state index contributed by atoms with van der Waals surface area (Å²) in [6.45, 7) is 9.12. The number of hydrogen-bond acceptors (Lipinski definition) is 2. The van der Waals surface area contributed by atoms with Gasteiger partial charge in [0.2, 0.25) is 5.91 Å². The molecule has 3 nitrogen and oxygen atoms in total. The first-order valence-corrected chi connectivity index (χ1v) is 6.21. The number of carbonyl (C=O) groups is 1. The molecule has 0 aromatic rings. The molecule has 0 atom stereocenters. The minimum Gasteiger partial charge on any atom is -0.356 e. The van der Waals surface area contributed by atoms with Crippen LogP contribution >= 0.6 is 0 Å². The van der Waals surface area contributed by atoms with Gasteiger partial charge in [0.25, 0.3) is 0 Å². The summed E-state index contributed by atoms with van der Waals surface area (Å²) in [4.78, 5) is 11.2. The van der Waals surface area contributed by atoms with Crippen LogP contribution in [0.25, 0.3) is 0 Å². The molecule has 0 aromatic heterocycles. The molecule has 0 radical (unpaired) electrons. The molecular weight excluding hydrogens is 188 g/mol. The normalized spacial score (nSPS) is 10.7. The Kier molecular flexibility index (Phi) is 9.59. The van der Waals surface area contributed by atoms with Crippen LogP contribution in [-0.2, 0) is 4.79 Å². The van der Waals surface area contributed by atoms with E-state index in [4.69, 9.17) is 0 Å². The molecule has 0 aliphatic rings. The first-order chi connectivity index (χ1) is 7.24. The summed E-state index contributed by atoms with van der Waals surface area (Å²) >= 11 is 0. The van der Waals surface area contributed by atoms with Crippen molar-refractivity contribution in [1.29, 1.82) is 0 Å². The van der Waals surface area contributed by atoms with Crippen LogP contribution in [0.2, 0.25) is 0 Å². The van der Waals surface area contributed by atoms with E-state index >= 15 is 0 Å². The molecule has 0 fully saturated rings. The average molecular weight is 214 g/mol. The van der Waals surface area contributed by atoms with Gasteiger partial charge >= 0.3 is 0 Å². The summed E-state index contributed by atoms with van der Waals surface area (Å²) in [5, 5.41) is 6.20. The van der Waals surface area contributed by atoms with E-state index < -0.39 is 0 Å². The maximum atomic E-state index is 11.2. The molecule has 0 bridgehead atoms. The van der Waals surface area contributed by atoms with Crippen molar-refractivity contribution in [1.82, 2.24) is 10.6 Å². The lowest BCUT2D eigenvalue weighted by atomic mass is 10.0. The SMILES string of the molecule is CCCNC(=O)CCNCC(CC)CC. The minimum absolute atomic E-state index is 0.161. The molecule has 0 aliphatic heterocycles. The summed E-state index contributed by atoms with van der Waals surface area (Å²) in [6, 6.07) is 0. The maximum absolute atomic E-state index is 11.2. The molecule has 0 unspecified atom stereocenters. The Hall–Kier alpha value is -0.570. The number of rotatable bonds is 9. The third kappa shape index (κ3) is 8.43. The average Bonchev–Trinajstić information content (AvgIpc) is 2.26. The second-order valence-electron chi connectivity index (χ2n) is 3.99. The van der Waals surface area contributed by atoms with Crippen molar-refractivity contribution in [3.63, 3.8) is 0 Å². The number of hydrogen-bond donors (Lipinski definition) is 2. The quantitative estimate of drug-likeness (QED) is 0.576. The van der Waals surface area contributed by atoms with Gasteiger partial charge in [0.15, 0.2) is 0 Å². The Balaban J connectivity index is 3.33. The van der Waals surface area contributed by atoms with Crippen molar-refractivity contribution in [2.75, 3.05) is 19.6 Å². The fourth-order valence-corrected chi connectivity index (χ4v) is 1.44. The molecule has 0 rings (SSSR count). The Labute approximate surface area is 94.0 Å². The Morgan fingerprint density at radius 2 is 1.80 bits per heavy atom. The van der Waals surface area contributed by atoms with Gasteiger partial charge in [0.05, 0.1) is 0 Å². The van der Waals surface area contributed by atoms with E-state index in [9.17, 15) is 4.79 Å². The molecule has 0 heterocycles.